The van der Waals surface area contributed by atoms with Gasteiger partial charge in [-0.1, -0.05) is 0 Å². The molecule has 0 amide bonds. The molecule has 0 aliphatic carbocycles. The maximum atomic E-state index is 10.4. The smallest absolute Gasteiger partial charge is 0.152 e. The summed E-state index contributed by atoms with van der Waals surface area (Å²) in [5.74, 6) is 0. The van der Waals surface area contributed by atoms with Crippen molar-refractivity contribution in [1.29, 1.82) is 0 Å². The maximum absolute atomic E-state index is 10.4. The molecule has 1 rings (SSSR count). The van der Waals surface area contributed by atoms with Crippen molar-refractivity contribution >= 4 is 51.5 Å². The molecule has 0 aliphatic heterocycles. The zero-order valence-electron chi connectivity index (χ0n) is 5.27. The molecular formula is C6H5I2NO. The lowest BCUT2D eigenvalue weighted by atomic mass is 10.4. The molecule has 1 aromatic rings. The molecule has 1 aromatic heterocycles. The Morgan fingerprint density at radius 1 is 1.60 bits per heavy atom. The third-order valence-electron chi connectivity index (χ3n) is 1.25. The summed E-state index contributed by atoms with van der Waals surface area (Å²) in [6, 6.07) is 1.87. The summed E-state index contributed by atoms with van der Waals surface area (Å²) in [6.45, 7) is 0. The van der Waals surface area contributed by atoms with E-state index in [0.717, 1.165) is 19.3 Å². The lowest BCUT2D eigenvalue weighted by molar-refractivity contribution is 0.112. The van der Waals surface area contributed by atoms with Crippen LogP contribution in [0.25, 0.3) is 0 Å². The summed E-state index contributed by atoms with van der Waals surface area (Å²) in [5.41, 5.74) is 0.771. The van der Waals surface area contributed by atoms with E-state index in [2.05, 4.69) is 45.2 Å². The quantitative estimate of drug-likeness (QED) is 0.555. The number of hydrogen-bond acceptors (Lipinski definition) is 1. The molecule has 10 heavy (non-hydrogen) atoms. The van der Waals surface area contributed by atoms with Gasteiger partial charge < -0.3 is 4.57 Å². The van der Waals surface area contributed by atoms with Gasteiger partial charge in [-0.3, -0.25) is 4.79 Å². The average Bonchev–Trinajstić information content (AvgIpc) is 2.17. The molecule has 0 aliphatic rings. The number of aldehydes is 1. The number of carbonyl (C=O) groups is 1. The molecule has 0 fully saturated rings. The molecule has 0 saturated heterocycles. The van der Waals surface area contributed by atoms with Crippen molar-refractivity contribution in [2.75, 3.05) is 0 Å². The summed E-state index contributed by atoms with van der Waals surface area (Å²) in [7, 11) is 1.94. The first kappa shape index (κ1) is 8.51. The van der Waals surface area contributed by atoms with Crippen molar-refractivity contribution in [3.05, 3.63) is 19.0 Å². The van der Waals surface area contributed by atoms with Gasteiger partial charge in [-0.15, -0.1) is 0 Å². The molecule has 0 spiro atoms. The lowest BCUT2D eigenvalue weighted by Gasteiger charge is -1.94. The molecule has 0 bridgehead atoms. The summed E-state index contributed by atoms with van der Waals surface area (Å²) in [4.78, 5) is 10.4. The van der Waals surface area contributed by atoms with Crippen LogP contribution in [-0.2, 0) is 7.05 Å². The molecule has 0 unspecified atom stereocenters. The normalized spacial score (nSPS) is 9.90. The van der Waals surface area contributed by atoms with Gasteiger partial charge in [-0.05, 0) is 51.2 Å². The monoisotopic (exact) mass is 361 g/mol. The van der Waals surface area contributed by atoms with Crippen LogP contribution in [0.3, 0.4) is 0 Å². The predicted octanol–water partition coefficient (Wildman–Crippen LogP) is 2.05. The summed E-state index contributed by atoms with van der Waals surface area (Å²) in [5, 5.41) is 0. The topological polar surface area (TPSA) is 22.0 Å². The first-order chi connectivity index (χ1) is 4.66. The molecule has 0 atom stereocenters. The fraction of sp³-hybridized carbons (Fsp3) is 0.167. The van der Waals surface area contributed by atoms with Gasteiger partial charge in [0.25, 0.3) is 0 Å². The molecular weight excluding hydrogens is 356 g/mol. The highest BCUT2D eigenvalue weighted by Gasteiger charge is 2.05. The van der Waals surface area contributed by atoms with E-state index in [-0.39, 0.29) is 0 Å². The second kappa shape index (κ2) is 3.21. The second-order valence-corrected chi connectivity index (χ2v) is 4.02. The van der Waals surface area contributed by atoms with Crippen molar-refractivity contribution in [2.45, 2.75) is 0 Å². The SMILES string of the molecule is Cn1c(I)cc(C=O)c1I. The molecule has 0 aromatic carbocycles. The van der Waals surface area contributed by atoms with Crippen LogP contribution in [0, 0.1) is 7.40 Å². The number of aromatic nitrogens is 1. The van der Waals surface area contributed by atoms with Crippen LogP contribution in [0.4, 0.5) is 0 Å². The largest absolute Gasteiger partial charge is 0.334 e. The van der Waals surface area contributed by atoms with Crippen LogP contribution < -0.4 is 0 Å². The Morgan fingerprint density at radius 2 is 2.20 bits per heavy atom. The molecule has 0 saturated carbocycles. The van der Waals surface area contributed by atoms with Gasteiger partial charge in [-0.2, -0.15) is 0 Å². The van der Waals surface area contributed by atoms with E-state index in [1.165, 1.54) is 0 Å². The first-order valence-corrected chi connectivity index (χ1v) is 4.78. The van der Waals surface area contributed by atoms with E-state index in [4.69, 9.17) is 0 Å². The Morgan fingerprint density at radius 3 is 2.40 bits per heavy atom. The number of halogens is 2. The Bertz CT molecular complexity index is 267. The standard InChI is InChI=1S/C6H5I2NO/c1-9-5(7)2-4(3-10)6(9)8/h2-3H,1H3. The minimum absolute atomic E-state index is 0.771. The van der Waals surface area contributed by atoms with Gasteiger partial charge in [0.2, 0.25) is 0 Å². The highest BCUT2D eigenvalue weighted by atomic mass is 127. The third-order valence-corrected chi connectivity index (χ3v) is 3.64. The average molecular weight is 361 g/mol. The molecule has 1 heterocycles. The zero-order valence-corrected chi connectivity index (χ0v) is 9.58. The zero-order chi connectivity index (χ0) is 7.72. The minimum atomic E-state index is 0.771. The van der Waals surface area contributed by atoms with Crippen LogP contribution in [0.15, 0.2) is 6.07 Å². The van der Waals surface area contributed by atoms with Gasteiger partial charge in [0.15, 0.2) is 6.29 Å². The molecule has 0 radical (unpaired) electrons. The van der Waals surface area contributed by atoms with E-state index in [9.17, 15) is 4.79 Å². The van der Waals surface area contributed by atoms with Crippen molar-refractivity contribution in [2.24, 2.45) is 7.05 Å². The Balaban J connectivity index is 3.30. The third kappa shape index (κ3) is 1.36. The summed E-state index contributed by atoms with van der Waals surface area (Å²) in [6.07, 6.45) is 0.879. The Hall–Kier alpha value is 0.410. The lowest BCUT2D eigenvalue weighted by Crippen LogP contribution is -1.93. The van der Waals surface area contributed by atoms with E-state index in [1.54, 1.807) is 0 Å². The van der Waals surface area contributed by atoms with Gasteiger partial charge in [0.1, 0.15) is 0 Å². The van der Waals surface area contributed by atoms with Crippen molar-refractivity contribution < 1.29 is 4.79 Å². The number of rotatable bonds is 1. The van der Waals surface area contributed by atoms with Gasteiger partial charge in [0, 0.05) is 12.6 Å². The summed E-state index contributed by atoms with van der Waals surface area (Å²) >= 11 is 4.35. The van der Waals surface area contributed by atoms with Crippen molar-refractivity contribution in [3.63, 3.8) is 0 Å². The molecule has 0 N–H and O–H groups in total. The first-order valence-electron chi connectivity index (χ1n) is 2.62. The molecule has 2 nitrogen and oxygen atoms in total. The predicted molar refractivity (Wildman–Crippen MR) is 56.2 cm³/mol. The Kier molecular flexibility index (Phi) is 2.73. The van der Waals surface area contributed by atoms with Crippen LogP contribution in [0.1, 0.15) is 10.4 Å². The van der Waals surface area contributed by atoms with Crippen molar-refractivity contribution in [3.8, 4) is 0 Å². The number of hydrogen-bond donors (Lipinski definition) is 0. The highest BCUT2D eigenvalue weighted by Crippen LogP contribution is 2.16. The minimum Gasteiger partial charge on any atom is -0.334 e. The van der Waals surface area contributed by atoms with Crippen LogP contribution >= 0.6 is 45.2 Å². The fourth-order valence-electron chi connectivity index (χ4n) is 0.655. The molecule has 4 heteroatoms. The van der Waals surface area contributed by atoms with Gasteiger partial charge in [-0.25, -0.2) is 0 Å². The van der Waals surface area contributed by atoms with Gasteiger partial charge >= 0.3 is 0 Å². The van der Waals surface area contributed by atoms with E-state index in [0.29, 0.717) is 0 Å². The number of carbonyl (C=O) groups excluding carboxylic acids is 1. The van der Waals surface area contributed by atoms with Gasteiger partial charge in [0.05, 0.1) is 7.40 Å². The van der Waals surface area contributed by atoms with Crippen molar-refractivity contribution in [1.82, 2.24) is 4.57 Å². The second-order valence-electron chi connectivity index (χ2n) is 1.89. The van der Waals surface area contributed by atoms with E-state index >= 15 is 0 Å². The molecule has 54 valence electrons. The van der Waals surface area contributed by atoms with E-state index < -0.39 is 0 Å². The van der Waals surface area contributed by atoms with Crippen LogP contribution in [0.5, 0.6) is 0 Å². The fourth-order valence-corrected chi connectivity index (χ4v) is 2.24. The van der Waals surface area contributed by atoms with E-state index in [1.807, 2.05) is 17.7 Å². The Labute approximate surface area is 86.3 Å². The van der Waals surface area contributed by atoms with Crippen LogP contribution in [-0.4, -0.2) is 10.9 Å². The summed E-state index contributed by atoms with van der Waals surface area (Å²) < 4.78 is 4.06. The van der Waals surface area contributed by atoms with Crippen LogP contribution in [0.2, 0.25) is 0 Å². The maximum Gasteiger partial charge on any atom is 0.152 e. The number of nitrogens with zero attached hydrogens (tertiary/aromatic N) is 1. The highest BCUT2D eigenvalue weighted by molar-refractivity contribution is 14.1.